The Morgan fingerprint density at radius 2 is 2.05 bits per heavy atom. The summed E-state index contributed by atoms with van der Waals surface area (Å²) in [6, 6.07) is 10.2. The van der Waals surface area contributed by atoms with Gasteiger partial charge in [0.1, 0.15) is 5.69 Å². The number of aromatic nitrogens is 2. The summed E-state index contributed by atoms with van der Waals surface area (Å²) in [5.74, 6) is 0.504. The number of carbonyl (C=O) groups excluding carboxylic acids is 1. The number of nitrogens with zero attached hydrogens (tertiary/aromatic N) is 3. The fourth-order valence-corrected chi connectivity index (χ4v) is 2.93. The highest BCUT2D eigenvalue weighted by Gasteiger charge is 2.35. The maximum Gasteiger partial charge on any atom is 0.274 e. The Morgan fingerprint density at radius 3 is 2.71 bits per heavy atom. The minimum absolute atomic E-state index is 0.0695. The van der Waals surface area contributed by atoms with Gasteiger partial charge in [-0.05, 0) is 18.0 Å². The van der Waals surface area contributed by atoms with Crippen molar-refractivity contribution in [2.45, 2.75) is 5.92 Å². The van der Waals surface area contributed by atoms with Gasteiger partial charge in [-0.25, -0.2) is 4.98 Å². The molecule has 21 heavy (non-hydrogen) atoms. The van der Waals surface area contributed by atoms with Crippen LogP contribution in [0.1, 0.15) is 22.0 Å². The number of likely N-dealkylation sites (tertiary alicyclic amines) is 1. The summed E-state index contributed by atoms with van der Waals surface area (Å²) in [4.78, 5) is 22.3. The Labute approximate surface area is 123 Å². The Balaban J connectivity index is 1.80. The molecule has 0 saturated carbocycles. The molecule has 2 atom stereocenters. The van der Waals surface area contributed by atoms with Gasteiger partial charge in [-0.2, -0.15) is 0 Å². The topological polar surface area (TPSA) is 72.1 Å². The molecule has 0 bridgehead atoms. The van der Waals surface area contributed by atoms with Gasteiger partial charge in [-0.15, -0.1) is 0 Å². The van der Waals surface area contributed by atoms with E-state index in [2.05, 4.69) is 22.1 Å². The van der Waals surface area contributed by atoms with Gasteiger partial charge in [0.25, 0.3) is 5.91 Å². The summed E-state index contributed by atoms with van der Waals surface area (Å²) in [5.41, 5.74) is 7.53. The number of amides is 1. The fraction of sp³-hybridized carbons (Fsp3) is 0.312. The number of hydrogen-bond acceptors (Lipinski definition) is 4. The van der Waals surface area contributed by atoms with Crippen molar-refractivity contribution in [2.75, 3.05) is 19.6 Å². The molecule has 108 valence electrons. The Bertz CT molecular complexity index is 602. The molecule has 1 aromatic heterocycles. The molecular weight excluding hydrogens is 264 g/mol. The van der Waals surface area contributed by atoms with Crippen molar-refractivity contribution in [2.24, 2.45) is 11.7 Å². The van der Waals surface area contributed by atoms with E-state index in [0.717, 1.165) is 0 Å². The molecule has 5 heteroatoms. The largest absolute Gasteiger partial charge is 0.336 e. The fourth-order valence-electron chi connectivity index (χ4n) is 2.93. The standard InChI is InChI=1S/C16H18N4O/c17-8-13-10-20(16(21)15-9-18-6-7-19-15)11-14(13)12-4-2-1-3-5-12/h1-7,9,13-14H,8,10-11,17H2/t13-,14+/m1/s1. The third-order valence-corrected chi connectivity index (χ3v) is 4.04. The van der Waals surface area contributed by atoms with Crippen molar-refractivity contribution >= 4 is 5.91 Å². The van der Waals surface area contributed by atoms with Gasteiger partial charge < -0.3 is 10.6 Å². The molecule has 1 amide bonds. The molecule has 1 aliphatic rings. The average Bonchev–Trinajstić information content (AvgIpc) is 3.00. The second-order valence-corrected chi connectivity index (χ2v) is 5.31. The number of carbonyl (C=O) groups is 1. The third-order valence-electron chi connectivity index (χ3n) is 4.04. The van der Waals surface area contributed by atoms with Crippen LogP contribution in [0.5, 0.6) is 0 Å². The Kier molecular flexibility index (Phi) is 3.92. The van der Waals surface area contributed by atoms with Crippen LogP contribution in [0.4, 0.5) is 0 Å². The molecule has 3 rings (SSSR count). The van der Waals surface area contributed by atoms with Gasteiger partial charge in [0.05, 0.1) is 6.20 Å². The zero-order chi connectivity index (χ0) is 14.7. The van der Waals surface area contributed by atoms with E-state index < -0.39 is 0 Å². The smallest absolute Gasteiger partial charge is 0.274 e. The predicted molar refractivity (Wildman–Crippen MR) is 79.7 cm³/mol. The van der Waals surface area contributed by atoms with Gasteiger partial charge in [0.15, 0.2) is 0 Å². The molecule has 5 nitrogen and oxygen atoms in total. The molecule has 1 aromatic carbocycles. The van der Waals surface area contributed by atoms with Gasteiger partial charge in [0, 0.05) is 31.4 Å². The molecule has 0 aliphatic carbocycles. The van der Waals surface area contributed by atoms with Crippen LogP contribution >= 0.6 is 0 Å². The molecule has 1 aliphatic heterocycles. The van der Waals surface area contributed by atoms with Crippen LogP contribution in [0.2, 0.25) is 0 Å². The second kappa shape index (κ2) is 6.01. The molecule has 0 unspecified atom stereocenters. The van der Waals surface area contributed by atoms with Crippen LogP contribution in [0.25, 0.3) is 0 Å². The molecule has 1 saturated heterocycles. The monoisotopic (exact) mass is 282 g/mol. The van der Waals surface area contributed by atoms with Crippen LogP contribution in [-0.4, -0.2) is 40.4 Å². The first-order valence-corrected chi connectivity index (χ1v) is 7.10. The lowest BCUT2D eigenvalue weighted by atomic mass is 9.89. The maximum absolute atomic E-state index is 12.5. The SMILES string of the molecule is NC[C@@H]1CN(C(=O)c2cnccn2)C[C@H]1c1ccccc1. The van der Waals surface area contributed by atoms with Gasteiger partial charge in [-0.1, -0.05) is 30.3 Å². The highest BCUT2D eigenvalue weighted by molar-refractivity contribution is 5.92. The number of benzene rings is 1. The predicted octanol–water partition coefficient (Wildman–Crippen LogP) is 1.29. The summed E-state index contributed by atoms with van der Waals surface area (Å²) in [5, 5.41) is 0. The Morgan fingerprint density at radius 1 is 1.24 bits per heavy atom. The minimum atomic E-state index is -0.0695. The third kappa shape index (κ3) is 2.78. The summed E-state index contributed by atoms with van der Waals surface area (Å²) in [7, 11) is 0. The lowest BCUT2D eigenvalue weighted by Gasteiger charge is -2.16. The second-order valence-electron chi connectivity index (χ2n) is 5.31. The van der Waals surface area contributed by atoms with Crippen molar-refractivity contribution in [1.82, 2.24) is 14.9 Å². The first-order valence-electron chi connectivity index (χ1n) is 7.10. The van der Waals surface area contributed by atoms with Crippen molar-refractivity contribution < 1.29 is 4.79 Å². The molecule has 0 spiro atoms. The van der Waals surface area contributed by atoms with E-state index in [1.54, 1.807) is 12.4 Å². The van der Waals surface area contributed by atoms with Crippen molar-refractivity contribution in [1.29, 1.82) is 0 Å². The van der Waals surface area contributed by atoms with Crippen molar-refractivity contribution in [3.63, 3.8) is 0 Å². The van der Waals surface area contributed by atoms with Crippen LogP contribution in [-0.2, 0) is 0 Å². The quantitative estimate of drug-likeness (QED) is 0.920. The molecule has 2 aromatic rings. The first kappa shape index (κ1) is 13.7. The zero-order valence-corrected chi connectivity index (χ0v) is 11.7. The van der Waals surface area contributed by atoms with E-state index in [4.69, 9.17) is 5.73 Å². The van der Waals surface area contributed by atoms with Gasteiger partial charge in [0.2, 0.25) is 0 Å². The van der Waals surface area contributed by atoms with Crippen LogP contribution in [0, 0.1) is 5.92 Å². The molecule has 0 radical (unpaired) electrons. The lowest BCUT2D eigenvalue weighted by Crippen LogP contribution is -2.30. The van der Waals surface area contributed by atoms with Gasteiger partial charge in [-0.3, -0.25) is 9.78 Å². The average molecular weight is 282 g/mol. The van der Waals surface area contributed by atoms with E-state index in [1.165, 1.54) is 11.8 Å². The number of rotatable bonds is 3. The normalized spacial score (nSPS) is 21.5. The van der Waals surface area contributed by atoms with E-state index in [0.29, 0.717) is 25.3 Å². The van der Waals surface area contributed by atoms with E-state index in [-0.39, 0.29) is 17.7 Å². The number of hydrogen-bond donors (Lipinski definition) is 1. The summed E-state index contributed by atoms with van der Waals surface area (Å²) in [6.07, 6.45) is 4.62. The van der Waals surface area contributed by atoms with Crippen LogP contribution < -0.4 is 5.73 Å². The van der Waals surface area contributed by atoms with Crippen molar-refractivity contribution in [3.8, 4) is 0 Å². The summed E-state index contributed by atoms with van der Waals surface area (Å²) >= 11 is 0. The lowest BCUT2D eigenvalue weighted by molar-refractivity contribution is 0.0780. The highest BCUT2D eigenvalue weighted by Crippen LogP contribution is 2.32. The number of nitrogens with two attached hydrogens (primary N) is 1. The molecule has 2 N–H and O–H groups in total. The van der Waals surface area contributed by atoms with Crippen molar-refractivity contribution in [3.05, 3.63) is 60.2 Å². The summed E-state index contributed by atoms with van der Waals surface area (Å²) < 4.78 is 0. The molecular formula is C16H18N4O. The highest BCUT2D eigenvalue weighted by atomic mass is 16.2. The van der Waals surface area contributed by atoms with Crippen LogP contribution in [0.15, 0.2) is 48.9 Å². The van der Waals surface area contributed by atoms with Crippen LogP contribution in [0.3, 0.4) is 0 Å². The zero-order valence-electron chi connectivity index (χ0n) is 11.7. The van der Waals surface area contributed by atoms with E-state index in [1.807, 2.05) is 23.1 Å². The molecule has 1 fully saturated rings. The Hall–Kier alpha value is -2.27. The van der Waals surface area contributed by atoms with E-state index >= 15 is 0 Å². The first-order chi connectivity index (χ1) is 10.3. The maximum atomic E-state index is 12.5. The minimum Gasteiger partial charge on any atom is -0.336 e. The van der Waals surface area contributed by atoms with E-state index in [9.17, 15) is 4.79 Å². The van der Waals surface area contributed by atoms with Gasteiger partial charge >= 0.3 is 0 Å². The molecule has 2 heterocycles. The summed E-state index contributed by atoms with van der Waals surface area (Å²) in [6.45, 7) is 1.93.